The average Bonchev–Trinajstić information content (AvgIpc) is 2.25. The summed E-state index contributed by atoms with van der Waals surface area (Å²) in [6.07, 6.45) is 4.21. The lowest BCUT2D eigenvalue weighted by Gasteiger charge is -2.29. The van der Waals surface area contributed by atoms with Gasteiger partial charge in [-0.2, -0.15) is 0 Å². The minimum atomic E-state index is 0.369. The van der Waals surface area contributed by atoms with Gasteiger partial charge in [0.2, 0.25) is 0 Å². The van der Waals surface area contributed by atoms with E-state index in [0.717, 1.165) is 25.5 Å². The first-order valence-corrected chi connectivity index (χ1v) is 6.69. The lowest BCUT2D eigenvalue weighted by molar-refractivity contribution is 0.0768. The normalized spacial score (nSPS) is 19.5. The van der Waals surface area contributed by atoms with Crippen LogP contribution in [0.2, 0.25) is 0 Å². The number of hydrogen-bond donors (Lipinski definition) is 1. The fraction of sp³-hybridized carbons (Fsp3) is 1.00. The maximum absolute atomic E-state index is 5.50. The molecule has 1 saturated heterocycles. The first-order chi connectivity index (χ1) is 7.68. The van der Waals surface area contributed by atoms with Gasteiger partial charge in [-0.1, -0.05) is 0 Å². The van der Waals surface area contributed by atoms with Crippen LogP contribution < -0.4 is 5.32 Å². The Balaban J connectivity index is 1.87. The van der Waals surface area contributed by atoms with Crippen LogP contribution in [0, 0.1) is 5.92 Å². The Kier molecular flexibility index (Phi) is 7.01. The number of nitrogens with one attached hydrogen (secondary N) is 1. The maximum Gasteiger partial charge on any atom is 0.0518 e. The molecule has 1 aliphatic rings. The van der Waals surface area contributed by atoms with E-state index in [9.17, 15) is 0 Å². The molecule has 0 bridgehead atoms. The molecule has 0 spiro atoms. The van der Waals surface area contributed by atoms with Gasteiger partial charge in [0, 0.05) is 6.61 Å². The van der Waals surface area contributed by atoms with Crippen molar-refractivity contribution in [3.63, 3.8) is 0 Å². The zero-order chi connectivity index (χ0) is 11.8. The zero-order valence-corrected chi connectivity index (χ0v) is 11.2. The third-order valence-electron chi connectivity index (χ3n) is 3.22. The number of nitrogens with zero attached hydrogens (tertiary/aromatic N) is 1. The van der Waals surface area contributed by atoms with E-state index in [2.05, 4.69) is 31.1 Å². The summed E-state index contributed by atoms with van der Waals surface area (Å²) < 4.78 is 5.50. The quantitative estimate of drug-likeness (QED) is 0.672. The van der Waals surface area contributed by atoms with Crippen LogP contribution in [0.15, 0.2) is 0 Å². The Morgan fingerprint density at radius 2 is 2.00 bits per heavy atom. The van der Waals surface area contributed by atoms with Crippen molar-refractivity contribution in [3.8, 4) is 0 Å². The van der Waals surface area contributed by atoms with Crippen molar-refractivity contribution in [2.75, 3.05) is 39.8 Å². The summed E-state index contributed by atoms with van der Waals surface area (Å²) in [5.41, 5.74) is 0. The average molecular weight is 228 g/mol. The first kappa shape index (κ1) is 13.9. The number of piperidine rings is 1. The van der Waals surface area contributed by atoms with Crippen molar-refractivity contribution < 1.29 is 4.74 Å². The highest BCUT2D eigenvalue weighted by Crippen LogP contribution is 2.14. The highest BCUT2D eigenvalue weighted by Gasteiger charge is 2.15. The smallest absolute Gasteiger partial charge is 0.0518 e. The Morgan fingerprint density at radius 3 is 2.62 bits per heavy atom. The summed E-state index contributed by atoms with van der Waals surface area (Å²) in [5.74, 6) is 0.891. The highest BCUT2D eigenvalue weighted by atomic mass is 16.5. The van der Waals surface area contributed by atoms with E-state index in [1.807, 2.05) is 0 Å². The van der Waals surface area contributed by atoms with Gasteiger partial charge in [0.25, 0.3) is 0 Å². The number of likely N-dealkylation sites (tertiary alicyclic amines) is 1. The molecule has 96 valence electrons. The fourth-order valence-electron chi connectivity index (χ4n) is 2.09. The second kappa shape index (κ2) is 8.04. The molecule has 3 nitrogen and oxygen atoms in total. The zero-order valence-electron chi connectivity index (χ0n) is 11.2. The third-order valence-corrected chi connectivity index (χ3v) is 3.22. The second-order valence-electron chi connectivity index (χ2n) is 5.22. The SMILES string of the molecule is CC(C)OCCCNCC1CCN(C)CC1. The van der Waals surface area contributed by atoms with Crippen LogP contribution in [-0.4, -0.2) is 50.8 Å². The summed E-state index contributed by atoms with van der Waals surface area (Å²) in [6.45, 7) is 9.89. The molecule has 0 aromatic heterocycles. The van der Waals surface area contributed by atoms with Gasteiger partial charge in [0.15, 0.2) is 0 Å². The summed E-state index contributed by atoms with van der Waals surface area (Å²) in [4.78, 5) is 2.42. The van der Waals surface area contributed by atoms with E-state index in [-0.39, 0.29) is 0 Å². The molecule has 0 aromatic rings. The van der Waals surface area contributed by atoms with Gasteiger partial charge in [-0.3, -0.25) is 0 Å². The van der Waals surface area contributed by atoms with Gasteiger partial charge in [0.1, 0.15) is 0 Å². The van der Waals surface area contributed by atoms with Crippen LogP contribution in [0.5, 0.6) is 0 Å². The molecule has 1 rings (SSSR count). The summed E-state index contributed by atoms with van der Waals surface area (Å²) in [7, 11) is 2.22. The Bertz CT molecular complexity index is 165. The molecular formula is C13H28N2O. The monoisotopic (exact) mass is 228 g/mol. The van der Waals surface area contributed by atoms with Crippen LogP contribution in [0.1, 0.15) is 33.1 Å². The maximum atomic E-state index is 5.50. The summed E-state index contributed by atoms with van der Waals surface area (Å²) in [5, 5.41) is 3.55. The lowest BCUT2D eigenvalue weighted by Crippen LogP contribution is -2.35. The van der Waals surface area contributed by atoms with E-state index in [4.69, 9.17) is 4.74 Å². The highest BCUT2D eigenvalue weighted by molar-refractivity contribution is 4.71. The van der Waals surface area contributed by atoms with Crippen LogP contribution in [0.4, 0.5) is 0 Å². The van der Waals surface area contributed by atoms with Crippen molar-refractivity contribution >= 4 is 0 Å². The molecular weight excluding hydrogens is 200 g/mol. The second-order valence-corrected chi connectivity index (χ2v) is 5.22. The molecule has 1 aliphatic heterocycles. The Hall–Kier alpha value is -0.120. The standard InChI is InChI=1S/C13H28N2O/c1-12(2)16-10-4-7-14-11-13-5-8-15(3)9-6-13/h12-14H,4-11H2,1-3H3. The molecule has 3 heteroatoms. The Labute approximate surface area is 101 Å². The fourth-order valence-corrected chi connectivity index (χ4v) is 2.09. The molecule has 16 heavy (non-hydrogen) atoms. The van der Waals surface area contributed by atoms with Crippen molar-refractivity contribution in [1.29, 1.82) is 0 Å². The third kappa shape index (κ3) is 6.46. The van der Waals surface area contributed by atoms with Crippen molar-refractivity contribution in [2.24, 2.45) is 5.92 Å². The molecule has 0 amide bonds. The molecule has 0 aliphatic carbocycles. The van der Waals surface area contributed by atoms with Gasteiger partial charge < -0.3 is 15.0 Å². The van der Waals surface area contributed by atoms with Crippen LogP contribution >= 0.6 is 0 Å². The molecule has 0 saturated carbocycles. The van der Waals surface area contributed by atoms with E-state index >= 15 is 0 Å². The molecule has 0 radical (unpaired) electrons. The van der Waals surface area contributed by atoms with Gasteiger partial charge >= 0.3 is 0 Å². The van der Waals surface area contributed by atoms with Gasteiger partial charge in [0.05, 0.1) is 6.10 Å². The molecule has 0 unspecified atom stereocenters. The van der Waals surface area contributed by atoms with Crippen LogP contribution in [-0.2, 0) is 4.74 Å². The van der Waals surface area contributed by atoms with Gasteiger partial charge in [-0.05, 0) is 72.3 Å². The minimum Gasteiger partial charge on any atom is -0.379 e. The minimum absolute atomic E-state index is 0.369. The summed E-state index contributed by atoms with van der Waals surface area (Å²) in [6, 6.07) is 0. The molecule has 0 aromatic carbocycles. The Morgan fingerprint density at radius 1 is 1.31 bits per heavy atom. The molecule has 1 fully saturated rings. The van der Waals surface area contributed by atoms with Crippen LogP contribution in [0.3, 0.4) is 0 Å². The number of rotatable bonds is 7. The van der Waals surface area contributed by atoms with Crippen molar-refractivity contribution in [1.82, 2.24) is 10.2 Å². The molecule has 0 atom stereocenters. The van der Waals surface area contributed by atoms with Crippen LogP contribution in [0.25, 0.3) is 0 Å². The van der Waals surface area contributed by atoms with E-state index in [0.29, 0.717) is 6.10 Å². The molecule has 1 heterocycles. The molecule has 1 N–H and O–H groups in total. The van der Waals surface area contributed by atoms with Gasteiger partial charge in [-0.25, -0.2) is 0 Å². The number of ether oxygens (including phenoxy) is 1. The first-order valence-electron chi connectivity index (χ1n) is 6.69. The summed E-state index contributed by atoms with van der Waals surface area (Å²) >= 11 is 0. The largest absolute Gasteiger partial charge is 0.379 e. The van der Waals surface area contributed by atoms with E-state index in [1.54, 1.807) is 0 Å². The van der Waals surface area contributed by atoms with Gasteiger partial charge in [-0.15, -0.1) is 0 Å². The van der Waals surface area contributed by atoms with Crippen molar-refractivity contribution in [3.05, 3.63) is 0 Å². The lowest BCUT2D eigenvalue weighted by atomic mass is 9.97. The van der Waals surface area contributed by atoms with E-state index < -0.39 is 0 Å². The van der Waals surface area contributed by atoms with E-state index in [1.165, 1.54) is 32.5 Å². The topological polar surface area (TPSA) is 24.5 Å². The van der Waals surface area contributed by atoms with Crippen molar-refractivity contribution in [2.45, 2.75) is 39.2 Å². The predicted octanol–water partition coefficient (Wildman–Crippen LogP) is 1.73. The number of hydrogen-bond acceptors (Lipinski definition) is 3. The predicted molar refractivity (Wildman–Crippen MR) is 68.8 cm³/mol.